The maximum absolute atomic E-state index is 13.2. The number of aromatic nitrogens is 1. The van der Waals surface area contributed by atoms with Crippen LogP contribution in [0.3, 0.4) is 0 Å². The molecule has 1 fully saturated rings. The van der Waals surface area contributed by atoms with Crippen molar-refractivity contribution in [2.75, 3.05) is 13.7 Å². The van der Waals surface area contributed by atoms with Crippen LogP contribution in [-0.2, 0) is 11.2 Å². The van der Waals surface area contributed by atoms with Crippen molar-refractivity contribution in [3.63, 3.8) is 0 Å². The van der Waals surface area contributed by atoms with Gasteiger partial charge in [0.1, 0.15) is 11.6 Å². The van der Waals surface area contributed by atoms with E-state index in [1.807, 2.05) is 29.2 Å². The zero-order chi connectivity index (χ0) is 20.2. The van der Waals surface area contributed by atoms with Gasteiger partial charge in [-0.05, 0) is 54.8 Å². The number of carbonyl (C=O) groups is 1. The summed E-state index contributed by atoms with van der Waals surface area (Å²) in [6.45, 7) is 0.726. The first kappa shape index (κ1) is 19.2. The lowest BCUT2D eigenvalue weighted by atomic mass is 10.0. The number of methoxy groups -OCH3 is 1. The number of hydrogen-bond donors (Lipinski definition) is 0. The van der Waals surface area contributed by atoms with Crippen LogP contribution in [0, 0.1) is 5.82 Å². The normalized spacial score (nSPS) is 16.2. The minimum absolute atomic E-state index is 0.0162. The summed E-state index contributed by atoms with van der Waals surface area (Å²) in [5.41, 5.74) is 1.89. The molecular weight excluding hydrogens is 371 g/mol. The number of ether oxygens (including phenoxy) is 1. The second-order valence-corrected chi connectivity index (χ2v) is 7.14. The number of nitrogens with zero attached hydrogens (tertiary/aromatic N) is 2. The van der Waals surface area contributed by atoms with Crippen molar-refractivity contribution in [3.05, 3.63) is 72.0 Å². The summed E-state index contributed by atoms with van der Waals surface area (Å²) in [5.74, 6) is 1.80. The second kappa shape index (κ2) is 8.47. The van der Waals surface area contributed by atoms with Gasteiger partial charge in [0.2, 0.25) is 5.91 Å². The molecule has 0 bridgehead atoms. The molecule has 5 nitrogen and oxygen atoms in total. The van der Waals surface area contributed by atoms with E-state index in [2.05, 4.69) is 4.98 Å². The molecule has 4 rings (SSSR count). The number of amides is 1. The number of rotatable bonds is 6. The Balaban J connectivity index is 1.38. The van der Waals surface area contributed by atoms with Gasteiger partial charge in [-0.2, -0.15) is 0 Å². The molecule has 3 aromatic rings. The lowest BCUT2D eigenvalue weighted by Gasteiger charge is -2.25. The van der Waals surface area contributed by atoms with Crippen LogP contribution in [0.2, 0.25) is 0 Å². The zero-order valence-electron chi connectivity index (χ0n) is 16.3. The molecule has 1 atom stereocenters. The number of carbonyl (C=O) groups excluding carboxylic acids is 1. The third-order valence-electron chi connectivity index (χ3n) is 5.31. The van der Waals surface area contributed by atoms with Crippen molar-refractivity contribution in [2.45, 2.75) is 31.7 Å². The highest BCUT2D eigenvalue weighted by atomic mass is 19.1. The van der Waals surface area contributed by atoms with Gasteiger partial charge in [0, 0.05) is 24.9 Å². The lowest BCUT2D eigenvalue weighted by Crippen LogP contribution is -2.30. The summed E-state index contributed by atoms with van der Waals surface area (Å²) < 4.78 is 24.2. The molecule has 6 heteroatoms. The van der Waals surface area contributed by atoms with Crippen LogP contribution in [0.1, 0.15) is 36.8 Å². The van der Waals surface area contributed by atoms with Crippen molar-refractivity contribution in [3.8, 4) is 17.1 Å². The first-order valence-electron chi connectivity index (χ1n) is 9.78. The summed E-state index contributed by atoms with van der Waals surface area (Å²) in [6.07, 6.45) is 4.31. The average molecular weight is 394 g/mol. The van der Waals surface area contributed by atoms with Crippen LogP contribution >= 0.6 is 0 Å². The maximum Gasteiger partial charge on any atom is 0.223 e. The third-order valence-corrected chi connectivity index (χ3v) is 5.31. The highest BCUT2D eigenvalue weighted by Gasteiger charge is 2.29. The smallest absolute Gasteiger partial charge is 0.223 e. The van der Waals surface area contributed by atoms with Gasteiger partial charge in [0.05, 0.1) is 19.3 Å². The minimum atomic E-state index is -0.263. The molecule has 1 aromatic heterocycles. The highest BCUT2D eigenvalue weighted by molar-refractivity contribution is 5.77. The molecule has 0 saturated carbocycles. The number of likely N-dealkylation sites (tertiary alicyclic amines) is 1. The van der Waals surface area contributed by atoms with Crippen LogP contribution in [0.15, 0.2) is 59.1 Å². The summed E-state index contributed by atoms with van der Waals surface area (Å²) in [6, 6.07) is 14.0. The van der Waals surface area contributed by atoms with E-state index in [9.17, 15) is 9.18 Å². The summed E-state index contributed by atoms with van der Waals surface area (Å²) in [5, 5.41) is 0. The average Bonchev–Trinajstić information content (AvgIpc) is 3.43. The van der Waals surface area contributed by atoms with E-state index >= 15 is 0 Å². The molecule has 0 spiro atoms. The molecular formula is C23H23FN2O3. The first-order valence-corrected chi connectivity index (χ1v) is 9.78. The number of aryl methyl sites for hydroxylation is 1. The van der Waals surface area contributed by atoms with E-state index in [-0.39, 0.29) is 17.8 Å². The van der Waals surface area contributed by atoms with Crippen LogP contribution < -0.4 is 4.74 Å². The molecule has 1 amide bonds. The van der Waals surface area contributed by atoms with Crippen LogP contribution in [0.4, 0.5) is 4.39 Å². The molecule has 0 N–H and O–H groups in total. The Morgan fingerprint density at radius 2 is 1.97 bits per heavy atom. The molecule has 1 aliphatic rings. The fourth-order valence-corrected chi connectivity index (χ4v) is 3.77. The van der Waals surface area contributed by atoms with Crippen LogP contribution in [0.25, 0.3) is 11.3 Å². The van der Waals surface area contributed by atoms with Gasteiger partial charge < -0.3 is 14.1 Å². The van der Waals surface area contributed by atoms with E-state index < -0.39 is 0 Å². The minimum Gasteiger partial charge on any atom is -0.497 e. The van der Waals surface area contributed by atoms with Crippen LogP contribution in [-0.4, -0.2) is 29.4 Å². The largest absolute Gasteiger partial charge is 0.497 e. The number of halogens is 1. The van der Waals surface area contributed by atoms with Crippen LogP contribution in [0.5, 0.6) is 5.75 Å². The third kappa shape index (κ3) is 4.31. The van der Waals surface area contributed by atoms with Crippen molar-refractivity contribution >= 4 is 5.91 Å². The number of benzene rings is 2. The molecule has 150 valence electrons. The Bertz CT molecular complexity index is 967. The van der Waals surface area contributed by atoms with E-state index in [4.69, 9.17) is 9.15 Å². The summed E-state index contributed by atoms with van der Waals surface area (Å²) in [4.78, 5) is 19.0. The molecule has 2 heterocycles. The quantitative estimate of drug-likeness (QED) is 0.603. The first-order chi connectivity index (χ1) is 14.1. The molecule has 1 unspecified atom stereocenters. The maximum atomic E-state index is 13.2. The topological polar surface area (TPSA) is 55.6 Å². The molecule has 0 radical (unpaired) electrons. The van der Waals surface area contributed by atoms with Crippen molar-refractivity contribution < 1.29 is 18.3 Å². The van der Waals surface area contributed by atoms with E-state index in [1.54, 1.807) is 25.4 Å². The Morgan fingerprint density at radius 3 is 2.69 bits per heavy atom. The molecule has 2 aromatic carbocycles. The van der Waals surface area contributed by atoms with Gasteiger partial charge >= 0.3 is 0 Å². The van der Waals surface area contributed by atoms with E-state index in [1.165, 1.54) is 12.1 Å². The highest BCUT2D eigenvalue weighted by Crippen LogP contribution is 2.32. The Hall–Kier alpha value is -3.15. The summed E-state index contributed by atoms with van der Waals surface area (Å²) >= 11 is 0. The Morgan fingerprint density at radius 1 is 1.21 bits per heavy atom. The fraction of sp³-hybridized carbons (Fsp3) is 0.304. The molecule has 1 saturated heterocycles. The second-order valence-electron chi connectivity index (χ2n) is 7.14. The van der Waals surface area contributed by atoms with E-state index in [0.29, 0.717) is 24.5 Å². The van der Waals surface area contributed by atoms with E-state index in [0.717, 1.165) is 36.3 Å². The summed E-state index contributed by atoms with van der Waals surface area (Å²) in [7, 11) is 1.62. The number of oxazole rings is 1. The van der Waals surface area contributed by atoms with Gasteiger partial charge in [0.15, 0.2) is 11.7 Å². The van der Waals surface area contributed by atoms with Crippen molar-refractivity contribution in [2.24, 2.45) is 0 Å². The Kier molecular flexibility index (Phi) is 5.60. The van der Waals surface area contributed by atoms with Crippen molar-refractivity contribution in [1.82, 2.24) is 9.88 Å². The zero-order valence-corrected chi connectivity index (χ0v) is 16.3. The SMILES string of the molecule is COc1ccc(-c2cnc(CCC(=O)N3CCCC3c3ccc(F)cc3)o2)cc1. The fourth-order valence-electron chi connectivity index (χ4n) is 3.77. The lowest BCUT2D eigenvalue weighted by molar-refractivity contribution is -0.132. The van der Waals surface area contributed by atoms with Gasteiger partial charge in [0.25, 0.3) is 0 Å². The number of hydrogen-bond acceptors (Lipinski definition) is 4. The standard InChI is InChI=1S/C23H23FN2O3/c1-28-19-10-6-17(7-11-19)21-15-25-22(29-21)12-13-23(27)26-14-2-3-20(26)16-4-8-18(24)9-5-16/h4-11,15,20H,2-3,12-14H2,1H3. The molecule has 1 aliphatic heterocycles. The van der Waals surface area contributed by atoms with Crippen molar-refractivity contribution in [1.29, 1.82) is 0 Å². The monoisotopic (exact) mass is 394 g/mol. The van der Waals surface area contributed by atoms with Gasteiger partial charge in [-0.25, -0.2) is 9.37 Å². The predicted molar refractivity (Wildman–Crippen MR) is 107 cm³/mol. The predicted octanol–water partition coefficient (Wildman–Crippen LogP) is 4.79. The Labute approximate surface area is 169 Å². The molecule has 0 aliphatic carbocycles. The van der Waals surface area contributed by atoms with Gasteiger partial charge in [-0.3, -0.25) is 4.79 Å². The van der Waals surface area contributed by atoms with Gasteiger partial charge in [-0.1, -0.05) is 12.1 Å². The molecule has 29 heavy (non-hydrogen) atoms. The van der Waals surface area contributed by atoms with Gasteiger partial charge in [-0.15, -0.1) is 0 Å².